The Hall–Kier alpha value is -2.71. The summed E-state index contributed by atoms with van der Waals surface area (Å²) in [6.45, 7) is 4.16. The highest BCUT2D eigenvalue weighted by molar-refractivity contribution is 7.89. The lowest BCUT2D eigenvalue weighted by Gasteiger charge is -2.11. The number of ether oxygens (including phenoxy) is 1. The highest BCUT2D eigenvalue weighted by Crippen LogP contribution is 2.17. The van der Waals surface area contributed by atoms with E-state index in [0.717, 1.165) is 0 Å². The minimum atomic E-state index is -3.60. The molecule has 0 aliphatic carbocycles. The molecule has 0 aliphatic heterocycles. The van der Waals surface area contributed by atoms with E-state index in [9.17, 15) is 18.0 Å². The van der Waals surface area contributed by atoms with E-state index in [1.54, 1.807) is 12.1 Å². The summed E-state index contributed by atoms with van der Waals surface area (Å²) in [5.74, 6) is -0.920. The van der Waals surface area contributed by atoms with Gasteiger partial charge in [-0.25, -0.2) is 17.9 Å². The number of benzene rings is 2. The third-order valence-corrected chi connectivity index (χ3v) is 5.12. The van der Waals surface area contributed by atoms with Gasteiger partial charge in [0.25, 0.3) is 5.91 Å². The molecule has 2 rings (SSSR count). The Bertz CT molecular complexity index is 921. The highest BCUT2D eigenvalue weighted by Gasteiger charge is 2.18. The van der Waals surface area contributed by atoms with Crippen LogP contribution >= 0.6 is 0 Å². The number of carbonyl (C=O) groups excluding carboxylic acids is 2. The maximum Gasteiger partial charge on any atom is 0.338 e. The fourth-order valence-electron chi connectivity index (χ4n) is 2.24. The molecular weight excluding hydrogens is 368 g/mol. The van der Waals surface area contributed by atoms with E-state index in [-0.39, 0.29) is 21.9 Å². The molecule has 144 valence electrons. The number of hydrogen-bond acceptors (Lipinski definition) is 5. The van der Waals surface area contributed by atoms with Crippen LogP contribution in [0.5, 0.6) is 0 Å². The van der Waals surface area contributed by atoms with Crippen molar-refractivity contribution in [1.82, 2.24) is 4.72 Å². The molecule has 0 unspecified atom stereocenters. The van der Waals surface area contributed by atoms with Crippen molar-refractivity contribution < 1.29 is 22.7 Å². The summed E-state index contributed by atoms with van der Waals surface area (Å²) in [7, 11) is -2.36. The lowest BCUT2D eigenvalue weighted by atomic mass is 10.1. The first-order valence-corrected chi connectivity index (χ1v) is 9.81. The molecule has 0 atom stereocenters. The largest absolute Gasteiger partial charge is 0.465 e. The Kier molecular flexibility index (Phi) is 6.70. The van der Waals surface area contributed by atoms with Crippen molar-refractivity contribution in [2.24, 2.45) is 5.92 Å². The third-order valence-electron chi connectivity index (χ3n) is 3.68. The molecule has 0 spiro atoms. The van der Waals surface area contributed by atoms with E-state index in [1.807, 2.05) is 13.8 Å². The van der Waals surface area contributed by atoms with Gasteiger partial charge in [-0.1, -0.05) is 26.0 Å². The Labute approximate surface area is 158 Å². The zero-order chi connectivity index (χ0) is 20.0. The van der Waals surface area contributed by atoms with Crippen LogP contribution in [0.15, 0.2) is 53.4 Å². The van der Waals surface area contributed by atoms with E-state index in [0.29, 0.717) is 12.2 Å². The molecule has 8 heteroatoms. The summed E-state index contributed by atoms with van der Waals surface area (Å²) in [4.78, 5) is 24.4. The molecule has 0 saturated carbocycles. The van der Waals surface area contributed by atoms with Gasteiger partial charge in [-0.05, 0) is 42.3 Å². The van der Waals surface area contributed by atoms with Crippen LogP contribution in [-0.2, 0) is 14.8 Å². The molecule has 7 nitrogen and oxygen atoms in total. The second-order valence-corrected chi connectivity index (χ2v) is 8.03. The first kappa shape index (κ1) is 20.6. The number of carbonyl (C=O) groups is 2. The number of nitrogens with one attached hydrogen (secondary N) is 2. The molecule has 2 N–H and O–H groups in total. The van der Waals surface area contributed by atoms with Gasteiger partial charge >= 0.3 is 5.97 Å². The molecule has 0 fully saturated rings. The minimum absolute atomic E-state index is 0.108. The zero-order valence-electron chi connectivity index (χ0n) is 15.4. The molecule has 0 bridgehead atoms. The Morgan fingerprint density at radius 1 is 1.00 bits per heavy atom. The van der Waals surface area contributed by atoms with Crippen molar-refractivity contribution in [3.8, 4) is 0 Å². The van der Waals surface area contributed by atoms with Crippen LogP contribution in [0, 0.1) is 5.92 Å². The SMILES string of the molecule is COC(=O)c1ccccc1C(=O)Nc1ccc(S(=O)(=O)NCC(C)C)cc1. The molecule has 0 saturated heterocycles. The number of sulfonamides is 1. The topological polar surface area (TPSA) is 102 Å². The molecular formula is C19H22N2O5S. The fourth-order valence-corrected chi connectivity index (χ4v) is 3.46. The summed E-state index contributed by atoms with van der Waals surface area (Å²) in [6, 6.07) is 12.1. The Balaban J connectivity index is 2.16. The summed E-state index contributed by atoms with van der Waals surface area (Å²) in [6.07, 6.45) is 0. The summed E-state index contributed by atoms with van der Waals surface area (Å²) in [5, 5.41) is 2.64. The molecule has 2 aromatic rings. The Morgan fingerprint density at radius 3 is 2.15 bits per heavy atom. The van der Waals surface area contributed by atoms with Gasteiger partial charge in [0.15, 0.2) is 0 Å². The van der Waals surface area contributed by atoms with Crippen molar-refractivity contribution in [3.63, 3.8) is 0 Å². The zero-order valence-corrected chi connectivity index (χ0v) is 16.2. The van der Waals surface area contributed by atoms with E-state index in [1.165, 1.54) is 43.5 Å². The summed E-state index contributed by atoms with van der Waals surface area (Å²) < 4.78 is 31.6. The molecule has 2 aromatic carbocycles. The van der Waals surface area contributed by atoms with Gasteiger partial charge in [0, 0.05) is 12.2 Å². The van der Waals surface area contributed by atoms with Crippen LogP contribution in [0.1, 0.15) is 34.6 Å². The average Bonchev–Trinajstić information content (AvgIpc) is 2.66. The number of hydrogen-bond donors (Lipinski definition) is 2. The molecule has 27 heavy (non-hydrogen) atoms. The lowest BCUT2D eigenvalue weighted by Crippen LogP contribution is -2.27. The summed E-state index contributed by atoms with van der Waals surface area (Å²) in [5.41, 5.74) is 0.719. The fraction of sp³-hybridized carbons (Fsp3) is 0.263. The quantitative estimate of drug-likeness (QED) is 0.708. The number of amides is 1. The number of esters is 1. The predicted octanol–water partition coefficient (Wildman–Crippen LogP) is 2.66. The minimum Gasteiger partial charge on any atom is -0.465 e. The van der Waals surface area contributed by atoms with Crippen LogP contribution in [0.25, 0.3) is 0 Å². The van der Waals surface area contributed by atoms with Crippen LogP contribution < -0.4 is 10.0 Å². The van der Waals surface area contributed by atoms with Gasteiger partial charge in [0.05, 0.1) is 23.1 Å². The van der Waals surface area contributed by atoms with Gasteiger partial charge in [0.1, 0.15) is 0 Å². The average molecular weight is 390 g/mol. The second-order valence-electron chi connectivity index (χ2n) is 6.26. The smallest absolute Gasteiger partial charge is 0.338 e. The Morgan fingerprint density at radius 2 is 1.59 bits per heavy atom. The van der Waals surface area contributed by atoms with Crippen molar-refractivity contribution in [2.75, 3.05) is 19.0 Å². The van der Waals surface area contributed by atoms with Crippen LogP contribution in [0.3, 0.4) is 0 Å². The predicted molar refractivity (Wildman–Crippen MR) is 102 cm³/mol. The molecule has 0 aliphatic rings. The molecule has 0 heterocycles. The van der Waals surface area contributed by atoms with Crippen molar-refractivity contribution in [2.45, 2.75) is 18.7 Å². The van der Waals surface area contributed by atoms with Crippen LogP contribution in [0.4, 0.5) is 5.69 Å². The van der Waals surface area contributed by atoms with Crippen LogP contribution in [-0.4, -0.2) is 33.9 Å². The van der Waals surface area contributed by atoms with Gasteiger partial charge < -0.3 is 10.1 Å². The second kappa shape index (κ2) is 8.79. The van der Waals surface area contributed by atoms with E-state index in [2.05, 4.69) is 14.8 Å². The van der Waals surface area contributed by atoms with E-state index < -0.39 is 21.9 Å². The normalized spacial score (nSPS) is 11.3. The monoisotopic (exact) mass is 390 g/mol. The van der Waals surface area contributed by atoms with Crippen molar-refractivity contribution >= 4 is 27.6 Å². The van der Waals surface area contributed by atoms with Crippen LogP contribution in [0.2, 0.25) is 0 Å². The summed E-state index contributed by atoms with van der Waals surface area (Å²) >= 11 is 0. The first-order chi connectivity index (χ1) is 12.7. The van der Waals surface area contributed by atoms with E-state index in [4.69, 9.17) is 0 Å². The standard InChI is InChI=1S/C19H22N2O5S/c1-13(2)12-20-27(24,25)15-10-8-14(9-11-15)21-18(22)16-6-4-5-7-17(16)19(23)26-3/h4-11,13,20H,12H2,1-3H3,(H,21,22). The van der Waals surface area contributed by atoms with Crippen molar-refractivity contribution in [3.05, 3.63) is 59.7 Å². The number of methoxy groups -OCH3 is 1. The lowest BCUT2D eigenvalue weighted by molar-refractivity contribution is 0.0597. The van der Waals surface area contributed by atoms with Gasteiger partial charge in [0.2, 0.25) is 10.0 Å². The van der Waals surface area contributed by atoms with Crippen molar-refractivity contribution in [1.29, 1.82) is 0 Å². The molecule has 1 amide bonds. The first-order valence-electron chi connectivity index (χ1n) is 8.33. The van der Waals surface area contributed by atoms with Gasteiger partial charge in [-0.15, -0.1) is 0 Å². The van der Waals surface area contributed by atoms with Gasteiger partial charge in [-0.3, -0.25) is 4.79 Å². The number of rotatable bonds is 7. The van der Waals surface area contributed by atoms with E-state index >= 15 is 0 Å². The maximum absolute atomic E-state index is 12.5. The molecule has 0 radical (unpaired) electrons. The third kappa shape index (κ3) is 5.38. The highest BCUT2D eigenvalue weighted by atomic mass is 32.2. The maximum atomic E-state index is 12.5. The molecule has 0 aromatic heterocycles. The van der Waals surface area contributed by atoms with Gasteiger partial charge in [-0.2, -0.15) is 0 Å². The number of anilines is 1.